The van der Waals surface area contributed by atoms with Gasteiger partial charge in [0.25, 0.3) is 0 Å². The van der Waals surface area contributed by atoms with E-state index in [1.807, 2.05) is 55.5 Å². The van der Waals surface area contributed by atoms with Gasteiger partial charge < -0.3 is 0 Å². The summed E-state index contributed by atoms with van der Waals surface area (Å²) in [5, 5.41) is 0.758. The molecule has 0 fully saturated rings. The molecule has 0 aliphatic carbocycles. The van der Waals surface area contributed by atoms with Crippen LogP contribution < -0.4 is 13.5 Å². The van der Waals surface area contributed by atoms with E-state index in [0.29, 0.717) is 0 Å². The first kappa shape index (κ1) is 28.3. The maximum absolute atomic E-state index is 12.8. The van der Waals surface area contributed by atoms with E-state index in [1.54, 1.807) is 0 Å². The molecule has 2 aromatic rings. The fourth-order valence-corrected chi connectivity index (χ4v) is 6.84. The molecule has 0 N–H and O–H groups in total. The number of hydrogen-bond acceptors (Lipinski definition) is 2. The van der Waals surface area contributed by atoms with E-state index in [2.05, 4.69) is 6.92 Å². The van der Waals surface area contributed by atoms with Crippen LogP contribution in [0.1, 0.15) is 102 Å². The van der Waals surface area contributed by atoms with Crippen LogP contribution in [0.4, 0.5) is 0 Å². The summed E-state index contributed by atoms with van der Waals surface area (Å²) in [6.07, 6.45) is 18.7. The molecule has 0 aliphatic rings. The molecule has 0 aliphatic heterocycles. The molecule has 190 valence electrons. The van der Waals surface area contributed by atoms with Gasteiger partial charge in [0.15, 0.2) is 0 Å². The second kappa shape index (κ2) is 17.5. The standard InChI is InChI=1S/C16H33.C7H7.C6H4.2Co.2O/c1-3-5-7-9-11-13-15-16-14-12-10-8-6-4-2;1-7-5-3-2-4-6-7;1-2-4-6-5-3-1;;;;/h1,3-16H2,2H3;2-3,5-6H,1H3;1-2,5-6H;;;;. The quantitative estimate of drug-likeness (QED) is 0.184. The third-order valence-corrected chi connectivity index (χ3v) is 9.55. The van der Waals surface area contributed by atoms with Gasteiger partial charge in [-0.3, -0.25) is 0 Å². The van der Waals surface area contributed by atoms with Gasteiger partial charge in [-0.1, -0.05) is 26.2 Å². The Labute approximate surface area is 210 Å². The Kier molecular flexibility index (Phi) is 15.0. The van der Waals surface area contributed by atoms with Crippen molar-refractivity contribution in [1.29, 1.82) is 0 Å². The normalized spacial score (nSPS) is 12.1. The van der Waals surface area contributed by atoms with Crippen LogP contribution in [-0.4, -0.2) is 0 Å². The molecule has 0 heterocycles. The average Bonchev–Trinajstić information content (AvgIpc) is 2.83. The van der Waals surface area contributed by atoms with Crippen LogP contribution >= 0.6 is 0 Å². The van der Waals surface area contributed by atoms with Gasteiger partial charge in [0.05, 0.1) is 0 Å². The summed E-state index contributed by atoms with van der Waals surface area (Å²) in [5.74, 6) is 0. The van der Waals surface area contributed by atoms with Crippen molar-refractivity contribution < 1.29 is 34.9 Å². The Bertz CT molecular complexity index is 830. The second-order valence-corrected chi connectivity index (χ2v) is 12.8. The first-order valence-corrected chi connectivity index (χ1v) is 16.0. The molecule has 0 bridgehead atoms. The zero-order valence-electron chi connectivity index (χ0n) is 20.7. The molecule has 0 aromatic heterocycles. The molecule has 2 aromatic carbocycles. The van der Waals surface area contributed by atoms with Gasteiger partial charge in [-0.05, 0) is 0 Å². The number of benzene rings is 2. The van der Waals surface area contributed by atoms with Gasteiger partial charge in [-0.15, -0.1) is 0 Å². The van der Waals surface area contributed by atoms with E-state index >= 15 is 0 Å². The summed E-state index contributed by atoms with van der Waals surface area (Å²) in [5.41, 5.74) is 1.11. The first-order valence-electron chi connectivity index (χ1n) is 12.9. The van der Waals surface area contributed by atoms with Crippen LogP contribution in [0.2, 0.25) is 5.36 Å². The number of unbranched alkanes of at least 4 members (excludes halogenated alkanes) is 13. The average molecular weight is 543 g/mol. The van der Waals surface area contributed by atoms with E-state index in [1.165, 1.54) is 83.5 Å². The van der Waals surface area contributed by atoms with Crippen molar-refractivity contribution in [2.45, 2.75) is 109 Å². The zero-order valence-corrected chi connectivity index (χ0v) is 22.8. The first-order chi connectivity index (χ1) is 16.1. The Morgan fingerprint density at radius 1 is 0.576 bits per heavy atom. The molecule has 2 nitrogen and oxygen atoms in total. The van der Waals surface area contributed by atoms with Crippen LogP contribution in [0.25, 0.3) is 0 Å². The van der Waals surface area contributed by atoms with Crippen molar-refractivity contribution in [2.24, 2.45) is 0 Å². The van der Waals surface area contributed by atoms with Gasteiger partial charge >= 0.3 is 185 Å². The molecule has 0 spiro atoms. The SMILES string of the molecule is CCCCCCCCCCCCCCC[CH2][Co](=[O])[c]1cc[c]([Co](=[O])[c]2cccc(C)c2)cc1. The predicted octanol–water partition coefficient (Wildman–Crippen LogP) is 7.40. The molecule has 0 amide bonds. The van der Waals surface area contributed by atoms with Crippen LogP contribution in [0.3, 0.4) is 0 Å². The van der Waals surface area contributed by atoms with Crippen LogP contribution in [0.5, 0.6) is 0 Å². The van der Waals surface area contributed by atoms with Gasteiger partial charge in [-0.25, -0.2) is 0 Å². The predicted molar refractivity (Wildman–Crippen MR) is 133 cm³/mol. The number of aryl methyl sites for hydroxylation is 1. The van der Waals surface area contributed by atoms with Gasteiger partial charge in [-0.2, -0.15) is 0 Å². The summed E-state index contributed by atoms with van der Waals surface area (Å²) < 4.78 is 27.9. The monoisotopic (exact) mass is 542 g/mol. The fraction of sp³-hybridized carbons (Fsp3) is 0.586. The summed E-state index contributed by atoms with van der Waals surface area (Å²) in [7, 11) is 0. The van der Waals surface area contributed by atoms with Crippen molar-refractivity contribution in [3.8, 4) is 0 Å². The van der Waals surface area contributed by atoms with Crippen molar-refractivity contribution in [2.75, 3.05) is 0 Å². The number of rotatable bonds is 18. The Hall–Kier alpha value is -0.947. The number of hydrogen-bond donors (Lipinski definition) is 0. The van der Waals surface area contributed by atoms with Crippen molar-refractivity contribution >= 4 is 13.5 Å². The third-order valence-electron chi connectivity index (χ3n) is 5.93. The fourth-order valence-electron chi connectivity index (χ4n) is 3.92. The molecule has 4 heteroatoms. The zero-order chi connectivity index (χ0) is 23.7. The minimum absolute atomic E-state index is 0.758. The summed E-state index contributed by atoms with van der Waals surface area (Å²) in [6.45, 7) is 4.29. The molecule has 33 heavy (non-hydrogen) atoms. The van der Waals surface area contributed by atoms with Crippen molar-refractivity contribution in [3.05, 3.63) is 54.1 Å². The van der Waals surface area contributed by atoms with Crippen molar-refractivity contribution in [3.63, 3.8) is 0 Å². The molecular formula is C29H44Co2O2. The third kappa shape index (κ3) is 11.8. The molecule has 0 unspecified atom stereocenters. The maximum atomic E-state index is 12.8. The van der Waals surface area contributed by atoms with Gasteiger partial charge in [0, 0.05) is 0 Å². The van der Waals surface area contributed by atoms with Crippen LogP contribution in [0.15, 0.2) is 48.5 Å². The van der Waals surface area contributed by atoms with E-state index in [0.717, 1.165) is 30.8 Å². The Balaban J connectivity index is 1.53. The molecule has 0 atom stereocenters. The second-order valence-electron chi connectivity index (χ2n) is 8.92. The van der Waals surface area contributed by atoms with E-state index in [9.17, 15) is 7.73 Å². The Morgan fingerprint density at radius 2 is 1.06 bits per heavy atom. The summed E-state index contributed by atoms with van der Waals surface area (Å²) in [6, 6.07) is 15.4. The van der Waals surface area contributed by atoms with Gasteiger partial charge in [0.1, 0.15) is 0 Å². The van der Waals surface area contributed by atoms with Crippen LogP contribution in [0, 0.1) is 6.92 Å². The van der Waals surface area contributed by atoms with Crippen molar-refractivity contribution in [1.82, 2.24) is 0 Å². The molecule has 0 radical (unpaired) electrons. The Morgan fingerprint density at radius 3 is 1.58 bits per heavy atom. The summed E-state index contributed by atoms with van der Waals surface area (Å²) in [4.78, 5) is 0. The van der Waals surface area contributed by atoms with Crippen LogP contribution in [-0.2, 0) is 34.9 Å². The summed E-state index contributed by atoms with van der Waals surface area (Å²) >= 11 is -2.90. The van der Waals surface area contributed by atoms with E-state index < -0.39 is 27.2 Å². The topological polar surface area (TPSA) is 34.1 Å². The molecule has 2 rings (SSSR count). The van der Waals surface area contributed by atoms with E-state index in [4.69, 9.17) is 0 Å². The molecular weight excluding hydrogens is 498 g/mol. The molecule has 0 saturated heterocycles. The molecule has 0 saturated carbocycles. The minimum atomic E-state index is -1.57. The van der Waals surface area contributed by atoms with Gasteiger partial charge in [0.2, 0.25) is 0 Å². The van der Waals surface area contributed by atoms with E-state index in [-0.39, 0.29) is 0 Å².